The number of H-pyrrole nitrogens is 1. The Morgan fingerprint density at radius 1 is 1.05 bits per heavy atom. The zero-order valence-electron chi connectivity index (χ0n) is 12.8. The number of benzene rings is 1. The third-order valence-corrected chi connectivity index (χ3v) is 4.54. The van der Waals surface area contributed by atoms with Gasteiger partial charge in [0.1, 0.15) is 0 Å². The maximum absolute atomic E-state index is 13.0. The van der Waals surface area contributed by atoms with E-state index in [0.29, 0.717) is 11.0 Å². The molecule has 1 fully saturated rings. The second kappa shape index (κ2) is 4.52. The molecule has 0 spiro atoms. The molecule has 3 rings (SSSR count). The molecule has 2 heterocycles. The van der Waals surface area contributed by atoms with Gasteiger partial charge in [0.25, 0.3) is 0 Å². The smallest absolute Gasteiger partial charge is 0.399 e. The second-order valence-electron chi connectivity index (χ2n) is 6.59. The Balaban J connectivity index is 2.03. The zero-order chi connectivity index (χ0) is 16.3. The molecule has 0 amide bonds. The Morgan fingerprint density at radius 2 is 1.64 bits per heavy atom. The summed E-state index contributed by atoms with van der Waals surface area (Å²) in [5.41, 5.74) is -0.723. The molecule has 1 aliphatic heterocycles. The third-order valence-electron chi connectivity index (χ3n) is 4.54. The molecular formula is C15H17BF3NO2. The van der Waals surface area contributed by atoms with Gasteiger partial charge in [-0.3, -0.25) is 0 Å². The molecule has 1 aromatic heterocycles. The molecule has 0 saturated carbocycles. The molecule has 2 aromatic rings. The molecule has 1 N–H and O–H groups in total. The minimum absolute atomic E-state index is 0.125. The lowest BCUT2D eigenvalue weighted by atomic mass is 9.78. The van der Waals surface area contributed by atoms with Gasteiger partial charge >= 0.3 is 13.3 Å². The number of hydrogen-bond acceptors (Lipinski definition) is 2. The summed E-state index contributed by atoms with van der Waals surface area (Å²) in [6.07, 6.45) is -3.41. The maximum Gasteiger partial charge on any atom is 0.494 e. The number of halogens is 3. The van der Waals surface area contributed by atoms with Crippen LogP contribution in [0.25, 0.3) is 10.9 Å². The van der Waals surface area contributed by atoms with Gasteiger partial charge in [0, 0.05) is 17.1 Å². The first-order valence-corrected chi connectivity index (χ1v) is 7.05. The average Bonchev–Trinajstić information content (AvgIpc) is 2.87. The van der Waals surface area contributed by atoms with Gasteiger partial charge in [-0.1, -0.05) is 12.1 Å². The molecule has 1 saturated heterocycles. The Hall–Kier alpha value is -1.47. The molecule has 0 unspecified atom stereocenters. The Kier molecular flexibility index (Phi) is 3.17. The van der Waals surface area contributed by atoms with Crippen molar-refractivity contribution in [3.63, 3.8) is 0 Å². The van der Waals surface area contributed by atoms with E-state index >= 15 is 0 Å². The summed E-state index contributed by atoms with van der Waals surface area (Å²) in [6, 6.07) is 4.82. The molecule has 3 nitrogen and oxygen atoms in total. The number of aromatic amines is 1. The van der Waals surface area contributed by atoms with Gasteiger partial charge in [0.15, 0.2) is 0 Å². The van der Waals surface area contributed by atoms with Crippen molar-refractivity contribution in [2.24, 2.45) is 0 Å². The zero-order valence-corrected chi connectivity index (χ0v) is 12.8. The van der Waals surface area contributed by atoms with E-state index < -0.39 is 30.1 Å². The Morgan fingerprint density at radius 3 is 2.18 bits per heavy atom. The fourth-order valence-electron chi connectivity index (χ4n) is 2.50. The van der Waals surface area contributed by atoms with Gasteiger partial charge in [-0.2, -0.15) is 13.2 Å². The van der Waals surface area contributed by atoms with Crippen LogP contribution in [0.1, 0.15) is 33.3 Å². The summed E-state index contributed by atoms with van der Waals surface area (Å²) >= 11 is 0. The first-order valence-electron chi connectivity index (χ1n) is 7.05. The van der Waals surface area contributed by atoms with Gasteiger partial charge < -0.3 is 14.3 Å². The molecule has 118 valence electrons. The lowest BCUT2D eigenvalue weighted by Crippen LogP contribution is -2.41. The number of alkyl halides is 3. The Bertz CT molecular complexity index is 705. The van der Waals surface area contributed by atoms with Crippen LogP contribution < -0.4 is 5.46 Å². The highest BCUT2D eigenvalue weighted by Gasteiger charge is 2.51. The normalized spacial score (nSPS) is 20.8. The van der Waals surface area contributed by atoms with Crippen LogP contribution in [0.5, 0.6) is 0 Å². The molecule has 0 bridgehead atoms. The van der Waals surface area contributed by atoms with Crippen molar-refractivity contribution in [2.75, 3.05) is 0 Å². The van der Waals surface area contributed by atoms with Crippen molar-refractivity contribution in [1.29, 1.82) is 0 Å². The SMILES string of the molecule is CC1(C)OB(c2ccc3[nH]cc(C(F)(F)F)c3c2)OC1(C)C. The van der Waals surface area contributed by atoms with E-state index in [1.807, 2.05) is 27.7 Å². The van der Waals surface area contributed by atoms with Crippen LogP contribution in [0.2, 0.25) is 0 Å². The minimum atomic E-state index is -4.40. The summed E-state index contributed by atoms with van der Waals surface area (Å²) in [5.74, 6) is 0. The number of fused-ring (bicyclic) bond motifs is 1. The molecule has 0 aliphatic carbocycles. The van der Waals surface area contributed by atoms with Gasteiger partial charge in [0.2, 0.25) is 0 Å². The highest BCUT2D eigenvalue weighted by Crippen LogP contribution is 2.37. The fraction of sp³-hybridized carbons (Fsp3) is 0.467. The van der Waals surface area contributed by atoms with Crippen LogP contribution >= 0.6 is 0 Å². The fourth-order valence-corrected chi connectivity index (χ4v) is 2.50. The first kappa shape index (κ1) is 15.4. The predicted molar refractivity (Wildman–Crippen MR) is 79.0 cm³/mol. The summed E-state index contributed by atoms with van der Waals surface area (Å²) in [4.78, 5) is 2.64. The van der Waals surface area contributed by atoms with Crippen molar-refractivity contribution in [2.45, 2.75) is 45.1 Å². The van der Waals surface area contributed by atoms with E-state index in [-0.39, 0.29) is 5.39 Å². The minimum Gasteiger partial charge on any atom is -0.399 e. The van der Waals surface area contributed by atoms with Crippen molar-refractivity contribution < 1.29 is 22.5 Å². The maximum atomic E-state index is 13.0. The van der Waals surface area contributed by atoms with Crippen LogP contribution in [0, 0.1) is 0 Å². The third kappa shape index (κ3) is 2.32. The number of rotatable bonds is 1. The van der Waals surface area contributed by atoms with E-state index in [1.165, 1.54) is 6.07 Å². The molecule has 0 radical (unpaired) electrons. The molecule has 1 aromatic carbocycles. The first-order chi connectivity index (χ1) is 10.0. The van der Waals surface area contributed by atoms with Crippen molar-refractivity contribution in [3.8, 4) is 0 Å². The van der Waals surface area contributed by atoms with E-state index in [2.05, 4.69) is 4.98 Å². The summed E-state index contributed by atoms with van der Waals surface area (Å²) in [6.45, 7) is 7.62. The highest BCUT2D eigenvalue weighted by atomic mass is 19.4. The van der Waals surface area contributed by atoms with Crippen LogP contribution in [-0.2, 0) is 15.5 Å². The number of hydrogen-bond donors (Lipinski definition) is 1. The molecule has 1 aliphatic rings. The largest absolute Gasteiger partial charge is 0.494 e. The van der Waals surface area contributed by atoms with E-state index in [0.717, 1.165) is 6.20 Å². The van der Waals surface area contributed by atoms with Crippen LogP contribution in [0.15, 0.2) is 24.4 Å². The number of aromatic nitrogens is 1. The Labute approximate surface area is 126 Å². The van der Waals surface area contributed by atoms with Gasteiger partial charge in [-0.05, 0) is 39.2 Å². The molecule has 22 heavy (non-hydrogen) atoms. The van der Waals surface area contributed by atoms with Gasteiger partial charge in [-0.15, -0.1) is 0 Å². The van der Waals surface area contributed by atoms with E-state index in [9.17, 15) is 13.2 Å². The van der Waals surface area contributed by atoms with Crippen LogP contribution in [0.4, 0.5) is 13.2 Å². The van der Waals surface area contributed by atoms with E-state index in [1.54, 1.807) is 12.1 Å². The van der Waals surface area contributed by atoms with Gasteiger partial charge in [-0.25, -0.2) is 0 Å². The molecule has 7 heteroatoms. The lowest BCUT2D eigenvalue weighted by Gasteiger charge is -2.32. The summed E-state index contributed by atoms with van der Waals surface area (Å²) < 4.78 is 50.8. The molecular weight excluding hydrogens is 294 g/mol. The van der Waals surface area contributed by atoms with Gasteiger partial charge in [0.05, 0.1) is 16.8 Å². The predicted octanol–water partition coefficient (Wildman–Crippen LogP) is 3.49. The van der Waals surface area contributed by atoms with E-state index in [4.69, 9.17) is 9.31 Å². The monoisotopic (exact) mass is 311 g/mol. The van der Waals surface area contributed by atoms with Crippen molar-refractivity contribution >= 4 is 23.5 Å². The van der Waals surface area contributed by atoms with Crippen LogP contribution in [-0.4, -0.2) is 23.3 Å². The summed E-state index contributed by atoms with van der Waals surface area (Å²) in [7, 11) is -0.676. The topological polar surface area (TPSA) is 34.2 Å². The number of nitrogens with one attached hydrogen (secondary N) is 1. The van der Waals surface area contributed by atoms with Crippen molar-refractivity contribution in [3.05, 3.63) is 30.0 Å². The highest BCUT2D eigenvalue weighted by molar-refractivity contribution is 6.62. The standard InChI is InChI=1S/C15H17BF3NO2/c1-13(2)14(3,4)22-16(21-13)9-5-6-12-10(7-9)11(8-20-12)15(17,18)19/h5-8,20H,1-4H3. The quantitative estimate of drug-likeness (QED) is 0.818. The summed E-state index contributed by atoms with van der Waals surface area (Å²) in [5, 5.41) is 0.125. The second-order valence-corrected chi connectivity index (χ2v) is 6.59. The average molecular weight is 311 g/mol. The van der Waals surface area contributed by atoms with Crippen LogP contribution in [0.3, 0.4) is 0 Å². The lowest BCUT2D eigenvalue weighted by molar-refractivity contribution is -0.136. The molecule has 0 atom stereocenters. The van der Waals surface area contributed by atoms with Crippen molar-refractivity contribution in [1.82, 2.24) is 4.98 Å².